The van der Waals surface area contributed by atoms with Gasteiger partial charge in [0.2, 0.25) is 10.0 Å². The standard InChI is InChI=1S/C26H32ClN3O4S/c1-3-29-12-13-35(32,33)30-19-9-7-8-18(15-19)21-14-17(2)20(16-22(21)27)23-24(28)26(34-25(23)31)10-5-4-6-11-26/h7-9,14-16,29-30H,3-6,10-13,28H2,1-2H3/p+1. The molecule has 0 saturated heterocycles. The Morgan fingerprint density at radius 1 is 1.14 bits per heavy atom. The summed E-state index contributed by atoms with van der Waals surface area (Å²) in [6.07, 6.45) is 4.58. The Balaban J connectivity index is 1.64. The molecule has 5 N–H and O–H groups in total. The summed E-state index contributed by atoms with van der Waals surface area (Å²) in [4.78, 5) is 12.9. The van der Waals surface area contributed by atoms with Crippen LogP contribution in [0, 0.1) is 6.92 Å². The van der Waals surface area contributed by atoms with Crippen molar-refractivity contribution in [2.24, 2.45) is 5.73 Å². The molecule has 1 heterocycles. The van der Waals surface area contributed by atoms with Gasteiger partial charge in [-0.2, -0.15) is 0 Å². The lowest BCUT2D eigenvalue weighted by Crippen LogP contribution is -2.84. The van der Waals surface area contributed by atoms with Gasteiger partial charge < -0.3 is 15.8 Å². The average Bonchev–Trinajstić information content (AvgIpc) is 3.04. The summed E-state index contributed by atoms with van der Waals surface area (Å²) < 4.78 is 33.3. The van der Waals surface area contributed by atoms with Gasteiger partial charge in [0.1, 0.15) is 5.75 Å². The van der Waals surface area contributed by atoms with Crippen molar-refractivity contribution in [1.29, 1.82) is 0 Å². The van der Waals surface area contributed by atoms with Crippen LogP contribution >= 0.6 is 11.6 Å². The summed E-state index contributed by atoms with van der Waals surface area (Å²) in [5.74, 6) is -0.360. The number of benzene rings is 2. The molecule has 2 aromatic carbocycles. The molecule has 2 aromatic rings. The topological polar surface area (TPSA) is 115 Å². The van der Waals surface area contributed by atoms with Gasteiger partial charge in [-0.3, -0.25) is 4.72 Å². The SMILES string of the molecule is CC[NH2+]CCS(=O)(=O)Nc1cccc(-c2cc(C)c(C3=C(N)C4(CCCCC4)OC3=O)cc2Cl)c1. The van der Waals surface area contributed by atoms with E-state index in [1.165, 1.54) is 0 Å². The number of ether oxygens (including phenoxy) is 1. The van der Waals surface area contributed by atoms with Crippen LogP contribution in [-0.4, -0.2) is 38.8 Å². The predicted octanol–water partition coefficient (Wildman–Crippen LogP) is 3.57. The van der Waals surface area contributed by atoms with Crippen molar-refractivity contribution in [2.45, 2.75) is 51.6 Å². The Bertz CT molecular complexity index is 1270. The largest absolute Gasteiger partial charge is 0.449 e. The molecule has 4 rings (SSSR count). The zero-order valence-electron chi connectivity index (χ0n) is 20.2. The van der Waals surface area contributed by atoms with Crippen LogP contribution < -0.4 is 15.8 Å². The summed E-state index contributed by atoms with van der Waals surface area (Å²) in [6, 6.07) is 10.8. The third-order valence-electron chi connectivity index (χ3n) is 6.82. The molecular formula is C26H33ClN3O4S+. The second-order valence-electron chi connectivity index (χ2n) is 9.37. The lowest BCUT2D eigenvalue weighted by molar-refractivity contribution is -0.647. The maximum atomic E-state index is 12.9. The van der Waals surface area contributed by atoms with Gasteiger partial charge in [0.15, 0.2) is 5.60 Å². The van der Waals surface area contributed by atoms with Gasteiger partial charge in [-0.25, -0.2) is 13.2 Å². The number of carbonyl (C=O) groups excluding carboxylic acids is 1. The first-order chi connectivity index (χ1) is 16.7. The Morgan fingerprint density at radius 3 is 2.60 bits per heavy atom. The Kier molecular flexibility index (Phi) is 7.45. The van der Waals surface area contributed by atoms with Crippen LogP contribution in [0.15, 0.2) is 42.1 Å². The normalized spacial score (nSPS) is 17.6. The molecule has 9 heteroatoms. The average molecular weight is 519 g/mol. The number of aryl methyl sites for hydroxylation is 1. The summed E-state index contributed by atoms with van der Waals surface area (Å²) >= 11 is 6.70. The van der Waals surface area contributed by atoms with Crippen LogP contribution in [0.3, 0.4) is 0 Å². The number of rotatable bonds is 8. The van der Waals surface area contributed by atoms with Gasteiger partial charge in [-0.15, -0.1) is 0 Å². The minimum absolute atomic E-state index is 0.0355. The van der Waals surface area contributed by atoms with E-state index in [0.29, 0.717) is 34.1 Å². The fourth-order valence-corrected chi connectivity index (χ4v) is 6.30. The molecule has 0 amide bonds. The second-order valence-corrected chi connectivity index (χ2v) is 11.6. The Morgan fingerprint density at radius 2 is 1.89 bits per heavy atom. The molecule has 2 aliphatic rings. The molecule has 0 bridgehead atoms. The highest BCUT2D eigenvalue weighted by Crippen LogP contribution is 2.45. The molecular weight excluding hydrogens is 486 g/mol. The third kappa shape index (κ3) is 5.34. The number of nitrogens with one attached hydrogen (secondary N) is 1. The number of carbonyl (C=O) groups is 1. The minimum Gasteiger partial charge on any atom is -0.449 e. The number of quaternary nitrogens is 1. The molecule has 188 valence electrons. The molecule has 0 radical (unpaired) electrons. The second kappa shape index (κ2) is 10.2. The molecule has 1 saturated carbocycles. The maximum absolute atomic E-state index is 12.9. The quantitative estimate of drug-likeness (QED) is 0.365. The van der Waals surface area contributed by atoms with Crippen LogP contribution in [0.2, 0.25) is 5.02 Å². The van der Waals surface area contributed by atoms with Crippen LogP contribution in [0.4, 0.5) is 5.69 Å². The molecule has 1 aliphatic carbocycles. The molecule has 1 spiro atoms. The van der Waals surface area contributed by atoms with Crippen molar-refractivity contribution in [3.8, 4) is 11.1 Å². The third-order valence-corrected chi connectivity index (χ3v) is 8.46. The molecule has 1 aliphatic heterocycles. The fraction of sp³-hybridized carbons (Fsp3) is 0.423. The van der Waals surface area contributed by atoms with Gasteiger partial charge in [-0.05, 0) is 80.5 Å². The van der Waals surface area contributed by atoms with Crippen LogP contribution in [0.5, 0.6) is 0 Å². The first-order valence-corrected chi connectivity index (χ1v) is 14.2. The molecule has 7 nitrogen and oxygen atoms in total. The summed E-state index contributed by atoms with van der Waals surface area (Å²) in [6.45, 7) is 5.22. The van der Waals surface area contributed by atoms with E-state index in [1.807, 2.05) is 31.3 Å². The Hall–Kier alpha value is -2.55. The van der Waals surface area contributed by atoms with E-state index < -0.39 is 21.6 Å². The van der Waals surface area contributed by atoms with E-state index in [-0.39, 0.29) is 5.75 Å². The lowest BCUT2D eigenvalue weighted by Gasteiger charge is -2.32. The highest BCUT2D eigenvalue weighted by atomic mass is 35.5. The fourth-order valence-electron chi connectivity index (χ4n) is 4.97. The van der Waals surface area contributed by atoms with Crippen molar-refractivity contribution in [3.63, 3.8) is 0 Å². The van der Waals surface area contributed by atoms with E-state index in [0.717, 1.165) is 55.3 Å². The van der Waals surface area contributed by atoms with Crippen LogP contribution in [-0.2, 0) is 19.6 Å². The van der Waals surface area contributed by atoms with Crippen molar-refractivity contribution in [3.05, 3.63) is 58.2 Å². The number of hydrogen-bond donors (Lipinski definition) is 3. The van der Waals surface area contributed by atoms with Gasteiger partial charge in [0.05, 0.1) is 24.4 Å². The number of anilines is 1. The molecule has 0 unspecified atom stereocenters. The molecule has 0 atom stereocenters. The van der Waals surface area contributed by atoms with Gasteiger partial charge in [0, 0.05) is 16.3 Å². The highest BCUT2D eigenvalue weighted by molar-refractivity contribution is 7.92. The predicted molar refractivity (Wildman–Crippen MR) is 139 cm³/mol. The Labute approximate surface area is 212 Å². The molecule has 0 aromatic heterocycles. The summed E-state index contributed by atoms with van der Waals surface area (Å²) in [5.41, 5.74) is 10.2. The van der Waals surface area contributed by atoms with E-state index >= 15 is 0 Å². The highest BCUT2D eigenvalue weighted by Gasteiger charge is 2.47. The van der Waals surface area contributed by atoms with Crippen molar-refractivity contribution < 1.29 is 23.3 Å². The lowest BCUT2D eigenvalue weighted by atomic mass is 9.81. The van der Waals surface area contributed by atoms with Gasteiger partial charge in [-0.1, -0.05) is 30.2 Å². The van der Waals surface area contributed by atoms with Crippen LogP contribution in [0.25, 0.3) is 16.7 Å². The number of halogens is 1. The van der Waals surface area contributed by atoms with Crippen LogP contribution in [0.1, 0.15) is 50.2 Å². The van der Waals surface area contributed by atoms with Gasteiger partial charge >= 0.3 is 5.97 Å². The van der Waals surface area contributed by atoms with E-state index in [1.54, 1.807) is 24.3 Å². The molecule has 1 fully saturated rings. The van der Waals surface area contributed by atoms with E-state index in [2.05, 4.69) is 4.72 Å². The number of sulfonamides is 1. The maximum Gasteiger partial charge on any atom is 0.341 e. The smallest absolute Gasteiger partial charge is 0.341 e. The number of nitrogens with two attached hydrogens (primary N) is 2. The summed E-state index contributed by atoms with van der Waals surface area (Å²) in [5, 5.41) is 2.39. The minimum atomic E-state index is -3.45. The zero-order valence-corrected chi connectivity index (χ0v) is 21.8. The molecule has 35 heavy (non-hydrogen) atoms. The number of esters is 1. The number of hydrogen-bond acceptors (Lipinski definition) is 5. The van der Waals surface area contributed by atoms with Crippen molar-refractivity contribution in [1.82, 2.24) is 0 Å². The zero-order chi connectivity index (χ0) is 25.2. The van der Waals surface area contributed by atoms with E-state index in [4.69, 9.17) is 22.1 Å². The van der Waals surface area contributed by atoms with Gasteiger partial charge in [0.25, 0.3) is 0 Å². The monoisotopic (exact) mass is 518 g/mol. The first-order valence-electron chi connectivity index (χ1n) is 12.1. The van der Waals surface area contributed by atoms with E-state index in [9.17, 15) is 13.2 Å². The first kappa shape index (κ1) is 25.5. The van der Waals surface area contributed by atoms with Crippen molar-refractivity contribution >= 4 is 38.9 Å². The summed E-state index contributed by atoms with van der Waals surface area (Å²) in [7, 11) is -3.45. The van der Waals surface area contributed by atoms with Crippen molar-refractivity contribution in [2.75, 3.05) is 23.6 Å².